The standard InChI is InChI=1S/C17H13N3O3/c18-16-12(17(21)19-11-4-2-1-3-5-11)6-10-7-14-15(23-9-22-14)8-13(10)20-16/h1-8H,9H2,(H2,18,20)(H,19,21). The molecule has 6 nitrogen and oxygen atoms in total. The van der Waals surface area contributed by atoms with Crippen LogP contribution in [0.1, 0.15) is 10.4 Å². The topological polar surface area (TPSA) is 86.5 Å². The summed E-state index contributed by atoms with van der Waals surface area (Å²) in [6.45, 7) is 0.183. The second-order valence-corrected chi connectivity index (χ2v) is 5.14. The first kappa shape index (κ1) is 13.4. The number of amides is 1. The van der Waals surface area contributed by atoms with Crippen molar-refractivity contribution in [1.29, 1.82) is 0 Å². The number of ether oxygens (including phenoxy) is 2. The molecule has 3 N–H and O–H groups in total. The maximum absolute atomic E-state index is 12.4. The predicted molar refractivity (Wildman–Crippen MR) is 86.7 cm³/mol. The number of nitrogens with zero attached hydrogens (tertiary/aromatic N) is 1. The van der Waals surface area contributed by atoms with Gasteiger partial charge in [-0.3, -0.25) is 4.79 Å². The summed E-state index contributed by atoms with van der Waals surface area (Å²) in [5.41, 5.74) is 7.61. The zero-order valence-corrected chi connectivity index (χ0v) is 12.1. The molecule has 1 aliphatic heterocycles. The van der Waals surface area contributed by atoms with Gasteiger partial charge in [0.05, 0.1) is 11.1 Å². The Balaban J connectivity index is 1.73. The van der Waals surface area contributed by atoms with Crippen LogP contribution in [0, 0.1) is 0 Å². The van der Waals surface area contributed by atoms with Gasteiger partial charge >= 0.3 is 0 Å². The van der Waals surface area contributed by atoms with Crippen LogP contribution in [0.4, 0.5) is 11.5 Å². The molecule has 0 fully saturated rings. The van der Waals surface area contributed by atoms with Gasteiger partial charge in [0, 0.05) is 17.1 Å². The Kier molecular flexibility index (Phi) is 3.01. The Hall–Kier alpha value is -3.28. The zero-order chi connectivity index (χ0) is 15.8. The van der Waals surface area contributed by atoms with Gasteiger partial charge in [0.2, 0.25) is 6.79 Å². The van der Waals surface area contributed by atoms with Crippen LogP contribution in [0.3, 0.4) is 0 Å². The molecule has 2 heterocycles. The van der Waals surface area contributed by atoms with E-state index in [2.05, 4.69) is 10.3 Å². The molecule has 0 bridgehead atoms. The number of carbonyl (C=O) groups is 1. The van der Waals surface area contributed by atoms with Crippen LogP contribution in [-0.4, -0.2) is 17.7 Å². The second kappa shape index (κ2) is 5.17. The summed E-state index contributed by atoms with van der Waals surface area (Å²) in [5, 5.41) is 3.57. The quantitative estimate of drug-likeness (QED) is 0.760. The third-order valence-corrected chi connectivity index (χ3v) is 3.61. The molecule has 3 aromatic rings. The molecular weight excluding hydrogens is 294 g/mol. The van der Waals surface area contributed by atoms with Gasteiger partial charge < -0.3 is 20.5 Å². The lowest BCUT2D eigenvalue weighted by Gasteiger charge is -2.09. The summed E-state index contributed by atoms with van der Waals surface area (Å²) in [5.74, 6) is 1.13. The number of nitrogens with one attached hydrogen (secondary N) is 1. The number of hydrogen-bond donors (Lipinski definition) is 2. The summed E-state index contributed by atoms with van der Waals surface area (Å²) in [4.78, 5) is 16.7. The number of anilines is 2. The lowest BCUT2D eigenvalue weighted by molar-refractivity contribution is 0.102. The Morgan fingerprint density at radius 3 is 2.61 bits per heavy atom. The van der Waals surface area contributed by atoms with Crippen molar-refractivity contribution in [2.75, 3.05) is 17.8 Å². The first-order valence-electron chi connectivity index (χ1n) is 7.07. The fourth-order valence-corrected chi connectivity index (χ4v) is 2.48. The molecule has 0 aliphatic carbocycles. The van der Waals surface area contributed by atoms with Gasteiger partial charge in [-0.15, -0.1) is 0 Å². The molecular formula is C17H13N3O3. The van der Waals surface area contributed by atoms with E-state index in [1.54, 1.807) is 30.3 Å². The van der Waals surface area contributed by atoms with Crippen LogP contribution in [0.2, 0.25) is 0 Å². The number of hydrogen-bond acceptors (Lipinski definition) is 5. The number of para-hydroxylation sites is 1. The highest BCUT2D eigenvalue weighted by Gasteiger charge is 2.18. The summed E-state index contributed by atoms with van der Waals surface area (Å²) in [6, 6.07) is 14.4. The number of nitrogens with two attached hydrogens (primary N) is 1. The number of benzene rings is 2. The van der Waals surface area contributed by atoms with Crippen LogP contribution in [-0.2, 0) is 0 Å². The van der Waals surface area contributed by atoms with E-state index in [1.807, 2.05) is 18.2 Å². The minimum Gasteiger partial charge on any atom is -0.454 e. The van der Waals surface area contributed by atoms with Crippen LogP contribution in [0.5, 0.6) is 11.5 Å². The van der Waals surface area contributed by atoms with E-state index in [4.69, 9.17) is 15.2 Å². The molecule has 23 heavy (non-hydrogen) atoms. The van der Waals surface area contributed by atoms with Crippen molar-refractivity contribution >= 4 is 28.3 Å². The molecule has 0 atom stereocenters. The summed E-state index contributed by atoms with van der Waals surface area (Å²) in [6.07, 6.45) is 0. The van der Waals surface area contributed by atoms with E-state index in [-0.39, 0.29) is 18.5 Å². The fourth-order valence-electron chi connectivity index (χ4n) is 2.48. The SMILES string of the molecule is Nc1nc2cc3c(cc2cc1C(=O)Nc1ccccc1)OCO3. The molecule has 4 rings (SSSR count). The summed E-state index contributed by atoms with van der Waals surface area (Å²) in [7, 11) is 0. The second-order valence-electron chi connectivity index (χ2n) is 5.14. The molecule has 0 saturated carbocycles. The third-order valence-electron chi connectivity index (χ3n) is 3.61. The molecule has 1 aliphatic rings. The number of carbonyl (C=O) groups excluding carboxylic acids is 1. The minimum atomic E-state index is -0.305. The molecule has 0 radical (unpaired) electrons. The molecule has 1 aromatic heterocycles. The van der Waals surface area contributed by atoms with Gasteiger partial charge in [-0.25, -0.2) is 4.98 Å². The van der Waals surface area contributed by atoms with Gasteiger partial charge in [0.15, 0.2) is 11.5 Å². The normalized spacial score (nSPS) is 12.3. The van der Waals surface area contributed by atoms with Crippen molar-refractivity contribution in [3.63, 3.8) is 0 Å². The summed E-state index contributed by atoms with van der Waals surface area (Å²) < 4.78 is 10.7. The zero-order valence-electron chi connectivity index (χ0n) is 12.1. The van der Waals surface area contributed by atoms with E-state index in [1.165, 1.54) is 0 Å². The van der Waals surface area contributed by atoms with Gasteiger partial charge in [0.25, 0.3) is 5.91 Å². The van der Waals surface area contributed by atoms with E-state index in [0.29, 0.717) is 28.3 Å². The molecule has 0 saturated heterocycles. The van der Waals surface area contributed by atoms with Crippen molar-refractivity contribution in [3.05, 3.63) is 54.1 Å². The van der Waals surface area contributed by atoms with Crippen molar-refractivity contribution in [3.8, 4) is 11.5 Å². The monoisotopic (exact) mass is 307 g/mol. The van der Waals surface area contributed by atoms with Gasteiger partial charge in [-0.2, -0.15) is 0 Å². The molecule has 114 valence electrons. The van der Waals surface area contributed by atoms with Crippen molar-refractivity contribution in [2.24, 2.45) is 0 Å². The lowest BCUT2D eigenvalue weighted by atomic mass is 10.1. The molecule has 6 heteroatoms. The molecule has 1 amide bonds. The molecule has 0 spiro atoms. The molecule has 2 aromatic carbocycles. The Morgan fingerprint density at radius 2 is 1.83 bits per heavy atom. The van der Waals surface area contributed by atoms with Gasteiger partial charge in [-0.05, 0) is 24.3 Å². The maximum atomic E-state index is 12.4. The number of rotatable bonds is 2. The largest absolute Gasteiger partial charge is 0.454 e. The molecule has 0 unspecified atom stereocenters. The van der Waals surface area contributed by atoms with Crippen molar-refractivity contribution in [1.82, 2.24) is 4.98 Å². The highest BCUT2D eigenvalue weighted by Crippen LogP contribution is 2.36. The predicted octanol–water partition coefficient (Wildman–Crippen LogP) is 2.80. The average Bonchev–Trinajstić information content (AvgIpc) is 3.00. The maximum Gasteiger partial charge on any atom is 0.259 e. The first-order valence-corrected chi connectivity index (χ1v) is 7.07. The number of pyridine rings is 1. The van der Waals surface area contributed by atoms with Gasteiger partial charge in [-0.1, -0.05) is 18.2 Å². The lowest BCUT2D eigenvalue weighted by Crippen LogP contribution is -2.14. The van der Waals surface area contributed by atoms with Crippen LogP contribution in [0.25, 0.3) is 10.9 Å². The third kappa shape index (κ3) is 2.40. The van der Waals surface area contributed by atoms with E-state index >= 15 is 0 Å². The van der Waals surface area contributed by atoms with Gasteiger partial charge in [0.1, 0.15) is 5.82 Å². The first-order chi connectivity index (χ1) is 11.2. The van der Waals surface area contributed by atoms with Crippen molar-refractivity contribution < 1.29 is 14.3 Å². The smallest absolute Gasteiger partial charge is 0.259 e. The number of nitrogen functional groups attached to an aromatic ring is 1. The average molecular weight is 307 g/mol. The highest BCUT2D eigenvalue weighted by molar-refractivity contribution is 6.09. The van der Waals surface area contributed by atoms with Crippen molar-refractivity contribution in [2.45, 2.75) is 0 Å². The van der Waals surface area contributed by atoms with E-state index in [0.717, 1.165) is 5.39 Å². The van der Waals surface area contributed by atoms with E-state index in [9.17, 15) is 4.79 Å². The number of aromatic nitrogens is 1. The van der Waals surface area contributed by atoms with Crippen LogP contribution >= 0.6 is 0 Å². The van der Waals surface area contributed by atoms with Crippen LogP contribution in [0.15, 0.2) is 48.5 Å². The minimum absolute atomic E-state index is 0.171. The highest BCUT2D eigenvalue weighted by atomic mass is 16.7. The number of fused-ring (bicyclic) bond motifs is 2. The Bertz CT molecular complexity index is 910. The Morgan fingerprint density at radius 1 is 1.09 bits per heavy atom. The van der Waals surface area contributed by atoms with Crippen LogP contribution < -0.4 is 20.5 Å². The Labute approximate surface area is 131 Å². The fraction of sp³-hybridized carbons (Fsp3) is 0.0588. The summed E-state index contributed by atoms with van der Waals surface area (Å²) >= 11 is 0. The van der Waals surface area contributed by atoms with E-state index < -0.39 is 0 Å².